The van der Waals surface area contributed by atoms with Crippen molar-refractivity contribution in [2.24, 2.45) is 0 Å². The van der Waals surface area contributed by atoms with Gasteiger partial charge in [0, 0.05) is 31.9 Å². The molecule has 0 unspecified atom stereocenters. The van der Waals surface area contributed by atoms with E-state index in [1.54, 1.807) is 32.9 Å². The van der Waals surface area contributed by atoms with Gasteiger partial charge in [-0.05, 0) is 54.7 Å². The van der Waals surface area contributed by atoms with Crippen LogP contribution in [-0.2, 0) is 23.2 Å². The maximum atomic E-state index is 12.9. The largest absolute Gasteiger partial charge is 0.322 e. The molecule has 0 atom stereocenters. The van der Waals surface area contributed by atoms with Crippen LogP contribution in [-0.4, -0.2) is 42.6 Å². The predicted molar refractivity (Wildman–Crippen MR) is 110 cm³/mol. The molecule has 1 N–H and O–H groups in total. The molecule has 0 aromatic heterocycles. The van der Waals surface area contributed by atoms with E-state index in [1.807, 2.05) is 18.2 Å². The van der Waals surface area contributed by atoms with E-state index in [1.165, 1.54) is 0 Å². The Hall–Kier alpha value is -1.93. The first-order valence-electron chi connectivity index (χ1n) is 9.38. The number of nitrogens with one attached hydrogen (secondary N) is 1. The molecule has 2 aliphatic heterocycles. The smallest absolute Gasteiger partial charge is 0.282 e. The van der Waals surface area contributed by atoms with Gasteiger partial charge in [0.1, 0.15) is 0 Å². The Morgan fingerprint density at radius 2 is 1.71 bits per heavy atom. The van der Waals surface area contributed by atoms with E-state index in [4.69, 9.17) is 11.6 Å². The van der Waals surface area contributed by atoms with Crippen LogP contribution in [0.2, 0.25) is 5.02 Å². The second-order valence-electron chi connectivity index (χ2n) is 7.11. The van der Waals surface area contributed by atoms with Crippen molar-refractivity contribution in [3.8, 4) is 0 Å². The van der Waals surface area contributed by atoms with Gasteiger partial charge in [0.25, 0.3) is 16.1 Å². The Balaban J connectivity index is 1.52. The maximum Gasteiger partial charge on any atom is 0.282 e. The lowest BCUT2D eigenvalue weighted by atomic mass is 10.0. The highest BCUT2D eigenvalue weighted by atomic mass is 35.5. The molecule has 0 radical (unpaired) electrons. The summed E-state index contributed by atoms with van der Waals surface area (Å²) in [7, 11) is -3.43. The van der Waals surface area contributed by atoms with Gasteiger partial charge < -0.3 is 5.32 Å². The molecule has 8 heteroatoms. The summed E-state index contributed by atoms with van der Waals surface area (Å²) in [6.45, 7) is 2.00. The maximum absolute atomic E-state index is 12.9. The van der Waals surface area contributed by atoms with Crippen LogP contribution in [0.15, 0.2) is 42.5 Å². The zero-order valence-electron chi connectivity index (χ0n) is 15.4. The average molecular weight is 420 g/mol. The first kappa shape index (κ1) is 19.4. The SMILES string of the molecule is O=C(Nc1ccc2c(c1)CN(S(=O)(=O)N1CCCC1)CC2)c1ccccc1Cl. The van der Waals surface area contributed by atoms with Gasteiger partial charge in [0.2, 0.25) is 0 Å². The number of benzene rings is 2. The molecule has 6 nitrogen and oxygen atoms in total. The molecule has 1 amide bonds. The van der Waals surface area contributed by atoms with Crippen molar-refractivity contribution in [1.29, 1.82) is 0 Å². The van der Waals surface area contributed by atoms with E-state index in [0.29, 0.717) is 48.9 Å². The number of carbonyl (C=O) groups excluding carboxylic acids is 1. The van der Waals surface area contributed by atoms with E-state index in [2.05, 4.69) is 5.32 Å². The first-order valence-corrected chi connectivity index (χ1v) is 11.2. The van der Waals surface area contributed by atoms with Gasteiger partial charge >= 0.3 is 0 Å². The Morgan fingerprint density at radius 1 is 0.964 bits per heavy atom. The minimum atomic E-state index is -3.43. The van der Waals surface area contributed by atoms with Crippen LogP contribution in [0.5, 0.6) is 0 Å². The van der Waals surface area contributed by atoms with Crippen molar-refractivity contribution < 1.29 is 13.2 Å². The fourth-order valence-corrected chi connectivity index (χ4v) is 5.62. The Kier molecular flexibility index (Phi) is 5.42. The van der Waals surface area contributed by atoms with Crippen molar-refractivity contribution >= 4 is 33.4 Å². The second kappa shape index (κ2) is 7.83. The summed E-state index contributed by atoms with van der Waals surface area (Å²) in [5.41, 5.74) is 3.07. The van der Waals surface area contributed by atoms with E-state index in [-0.39, 0.29) is 5.91 Å². The van der Waals surface area contributed by atoms with E-state index in [0.717, 1.165) is 24.0 Å². The molecule has 0 aliphatic carbocycles. The van der Waals surface area contributed by atoms with Gasteiger partial charge in [-0.1, -0.05) is 29.8 Å². The predicted octanol–water partition coefficient (Wildman–Crippen LogP) is 3.29. The molecule has 0 bridgehead atoms. The highest BCUT2D eigenvalue weighted by molar-refractivity contribution is 7.86. The van der Waals surface area contributed by atoms with Gasteiger partial charge in [0.05, 0.1) is 10.6 Å². The minimum Gasteiger partial charge on any atom is -0.322 e. The van der Waals surface area contributed by atoms with Crippen LogP contribution in [0.3, 0.4) is 0 Å². The highest BCUT2D eigenvalue weighted by Gasteiger charge is 2.33. The number of anilines is 1. The molecule has 0 saturated carbocycles. The number of halogens is 1. The van der Waals surface area contributed by atoms with E-state index < -0.39 is 10.2 Å². The van der Waals surface area contributed by atoms with Gasteiger partial charge in [-0.15, -0.1) is 0 Å². The summed E-state index contributed by atoms with van der Waals surface area (Å²) in [6, 6.07) is 12.5. The van der Waals surface area contributed by atoms with E-state index >= 15 is 0 Å². The molecular formula is C20H22ClN3O3S. The molecule has 2 aromatic carbocycles. The molecule has 148 valence electrons. The molecular weight excluding hydrogens is 398 g/mol. The van der Waals surface area contributed by atoms with Gasteiger partial charge in [-0.2, -0.15) is 17.0 Å². The molecule has 1 saturated heterocycles. The van der Waals surface area contributed by atoms with Crippen molar-refractivity contribution in [3.05, 3.63) is 64.2 Å². The molecule has 2 aliphatic rings. The van der Waals surface area contributed by atoms with Crippen LogP contribution >= 0.6 is 11.6 Å². The van der Waals surface area contributed by atoms with Crippen LogP contribution in [0.1, 0.15) is 34.3 Å². The number of fused-ring (bicyclic) bond motifs is 1. The second-order valence-corrected chi connectivity index (χ2v) is 9.45. The fourth-order valence-electron chi connectivity index (χ4n) is 3.73. The monoisotopic (exact) mass is 419 g/mol. The Bertz CT molecular complexity index is 1000. The van der Waals surface area contributed by atoms with Crippen molar-refractivity contribution in [2.45, 2.75) is 25.8 Å². The molecule has 2 heterocycles. The first-order chi connectivity index (χ1) is 13.4. The Morgan fingerprint density at radius 3 is 2.46 bits per heavy atom. The van der Waals surface area contributed by atoms with Crippen molar-refractivity contribution in [1.82, 2.24) is 8.61 Å². The zero-order chi connectivity index (χ0) is 19.7. The molecule has 2 aromatic rings. The number of nitrogens with zero attached hydrogens (tertiary/aromatic N) is 2. The van der Waals surface area contributed by atoms with E-state index in [9.17, 15) is 13.2 Å². The van der Waals surface area contributed by atoms with Gasteiger partial charge in [-0.25, -0.2) is 0 Å². The van der Waals surface area contributed by atoms with Crippen LogP contribution < -0.4 is 5.32 Å². The minimum absolute atomic E-state index is 0.289. The summed E-state index contributed by atoms with van der Waals surface area (Å²) in [5, 5.41) is 3.25. The summed E-state index contributed by atoms with van der Waals surface area (Å²) in [4.78, 5) is 12.5. The highest BCUT2D eigenvalue weighted by Crippen LogP contribution is 2.27. The van der Waals surface area contributed by atoms with Crippen LogP contribution in [0, 0.1) is 0 Å². The third kappa shape index (κ3) is 3.80. The number of amides is 1. The third-order valence-electron chi connectivity index (χ3n) is 5.28. The number of rotatable bonds is 4. The zero-order valence-corrected chi connectivity index (χ0v) is 17.0. The summed E-state index contributed by atoms with van der Waals surface area (Å²) >= 11 is 6.09. The molecule has 4 rings (SSSR count). The molecule has 0 spiro atoms. The normalized spacial score (nSPS) is 18.0. The average Bonchev–Trinajstić information content (AvgIpc) is 3.23. The summed E-state index contributed by atoms with van der Waals surface area (Å²) in [6.07, 6.45) is 2.50. The quantitative estimate of drug-likeness (QED) is 0.826. The lowest BCUT2D eigenvalue weighted by Gasteiger charge is -2.31. The standard InChI is InChI=1S/C20H22ClN3O3S/c21-19-6-2-1-5-18(19)20(25)22-17-8-7-15-9-12-24(14-16(15)13-17)28(26,27)23-10-3-4-11-23/h1-2,5-8,13H,3-4,9-12,14H2,(H,22,25). The Labute approximate surface area is 170 Å². The van der Waals surface area contributed by atoms with Gasteiger partial charge in [0.15, 0.2) is 0 Å². The lowest BCUT2D eigenvalue weighted by molar-refractivity contribution is 0.102. The lowest BCUT2D eigenvalue weighted by Crippen LogP contribution is -2.44. The molecule has 1 fully saturated rings. The van der Waals surface area contributed by atoms with Crippen molar-refractivity contribution in [2.75, 3.05) is 25.0 Å². The third-order valence-corrected chi connectivity index (χ3v) is 7.59. The van der Waals surface area contributed by atoms with Gasteiger partial charge in [-0.3, -0.25) is 4.79 Å². The van der Waals surface area contributed by atoms with Crippen LogP contribution in [0.4, 0.5) is 5.69 Å². The summed E-state index contributed by atoms with van der Waals surface area (Å²) < 4.78 is 28.8. The van der Waals surface area contributed by atoms with Crippen molar-refractivity contribution in [3.63, 3.8) is 0 Å². The molecule has 28 heavy (non-hydrogen) atoms. The fraction of sp³-hybridized carbons (Fsp3) is 0.350. The van der Waals surface area contributed by atoms with Crippen LogP contribution in [0.25, 0.3) is 0 Å². The number of hydrogen-bond donors (Lipinski definition) is 1. The topological polar surface area (TPSA) is 69.7 Å². The number of carbonyl (C=O) groups is 1. The number of hydrogen-bond acceptors (Lipinski definition) is 3. The summed E-state index contributed by atoms with van der Waals surface area (Å²) in [5.74, 6) is -0.289.